The summed E-state index contributed by atoms with van der Waals surface area (Å²) in [6, 6.07) is 0.334. The number of rotatable bonds is 4. The van der Waals surface area contributed by atoms with Crippen LogP contribution in [-0.4, -0.2) is 71.2 Å². The number of amides is 1. The highest BCUT2D eigenvalue weighted by atomic mass is 127. The third-order valence-electron chi connectivity index (χ3n) is 4.24. The summed E-state index contributed by atoms with van der Waals surface area (Å²) >= 11 is 1.79. The maximum atomic E-state index is 11.4. The quantitative estimate of drug-likeness (QED) is 0.335. The zero-order valence-electron chi connectivity index (χ0n) is 14.0. The largest absolute Gasteiger partial charge is 0.387 e. The van der Waals surface area contributed by atoms with E-state index in [1.807, 2.05) is 11.8 Å². The van der Waals surface area contributed by atoms with Crippen LogP contribution < -0.4 is 10.6 Å². The van der Waals surface area contributed by atoms with E-state index in [1.54, 1.807) is 18.7 Å². The van der Waals surface area contributed by atoms with E-state index in [4.69, 9.17) is 0 Å². The predicted octanol–water partition coefficient (Wildman–Crippen LogP) is 1.04. The number of aliphatic imine (C=N–C) groups is 1. The van der Waals surface area contributed by atoms with Crippen LogP contribution in [0.3, 0.4) is 0 Å². The van der Waals surface area contributed by atoms with E-state index in [0.717, 1.165) is 56.4 Å². The van der Waals surface area contributed by atoms with Crippen molar-refractivity contribution in [2.24, 2.45) is 4.99 Å². The lowest BCUT2D eigenvalue weighted by Gasteiger charge is -2.32. The van der Waals surface area contributed by atoms with Crippen LogP contribution in [0, 0.1) is 0 Å². The van der Waals surface area contributed by atoms with Gasteiger partial charge in [0.15, 0.2) is 5.96 Å². The molecule has 1 amide bonds. The third kappa shape index (κ3) is 6.66. The standard InChI is InChI=1S/C15H28N4O2S.HI/c1-3-16-14(17-10-15(21)6-9-22-11-15)18-13-4-7-19(8-5-13)12(2)20;/h13,21H,3-11H2,1-2H3,(H2,16,17,18);1H. The first-order chi connectivity index (χ1) is 10.5. The van der Waals surface area contributed by atoms with Crippen LogP contribution in [0.2, 0.25) is 0 Å². The van der Waals surface area contributed by atoms with Gasteiger partial charge in [-0.2, -0.15) is 11.8 Å². The molecule has 0 spiro atoms. The molecule has 0 radical (unpaired) electrons. The first kappa shape index (κ1) is 20.8. The molecule has 8 heteroatoms. The molecule has 3 N–H and O–H groups in total. The molecule has 23 heavy (non-hydrogen) atoms. The van der Waals surface area contributed by atoms with Crippen molar-refractivity contribution >= 4 is 47.6 Å². The Hall–Kier alpha value is -0.220. The first-order valence-electron chi connectivity index (χ1n) is 8.13. The average Bonchev–Trinajstić information content (AvgIpc) is 2.93. The molecule has 0 aromatic heterocycles. The Bertz CT molecular complexity index is 408. The summed E-state index contributed by atoms with van der Waals surface area (Å²) in [4.78, 5) is 17.8. The van der Waals surface area contributed by atoms with Gasteiger partial charge in [-0.1, -0.05) is 0 Å². The van der Waals surface area contributed by atoms with Gasteiger partial charge in [0.25, 0.3) is 0 Å². The predicted molar refractivity (Wildman–Crippen MR) is 107 cm³/mol. The molecule has 2 saturated heterocycles. The number of guanidine groups is 1. The fourth-order valence-corrected chi connectivity index (χ4v) is 4.08. The number of carbonyl (C=O) groups is 1. The normalized spacial score (nSPS) is 25.9. The first-order valence-corrected chi connectivity index (χ1v) is 9.28. The number of hydrogen-bond donors (Lipinski definition) is 3. The molecule has 2 fully saturated rings. The van der Waals surface area contributed by atoms with Crippen LogP contribution in [0.15, 0.2) is 4.99 Å². The summed E-state index contributed by atoms with van der Waals surface area (Å²) in [5.74, 6) is 2.71. The highest BCUT2D eigenvalue weighted by Gasteiger charge is 2.31. The molecule has 0 aliphatic carbocycles. The van der Waals surface area contributed by atoms with Gasteiger partial charge in [-0.3, -0.25) is 9.79 Å². The molecule has 2 heterocycles. The number of carbonyl (C=O) groups excluding carboxylic acids is 1. The van der Waals surface area contributed by atoms with Gasteiger partial charge in [0.1, 0.15) is 0 Å². The van der Waals surface area contributed by atoms with Crippen LogP contribution in [0.1, 0.15) is 33.1 Å². The van der Waals surface area contributed by atoms with Crippen LogP contribution in [0.4, 0.5) is 0 Å². The number of piperidine rings is 1. The van der Waals surface area contributed by atoms with Gasteiger partial charge in [0.05, 0.1) is 12.1 Å². The molecular formula is C15H29IN4O2S. The van der Waals surface area contributed by atoms with Crippen molar-refractivity contribution in [3.63, 3.8) is 0 Å². The molecule has 134 valence electrons. The molecule has 2 aliphatic heterocycles. The lowest BCUT2D eigenvalue weighted by atomic mass is 10.0. The number of nitrogens with zero attached hydrogens (tertiary/aromatic N) is 2. The van der Waals surface area contributed by atoms with Crippen molar-refractivity contribution in [3.05, 3.63) is 0 Å². The summed E-state index contributed by atoms with van der Waals surface area (Å²) in [6.07, 6.45) is 2.69. The van der Waals surface area contributed by atoms with Gasteiger partial charge in [0.2, 0.25) is 5.91 Å². The Balaban J connectivity index is 0.00000264. The molecule has 0 aromatic carbocycles. The van der Waals surface area contributed by atoms with Crippen LogP contribution in [-0.2, 0) is 4.79 Å². The van der Waals surface area contributed by atoms with Crippen LogP contribution >= 0.6 is 35.7 Å². The Morgan fingerprint density at radius 3 is 2.65 bits per heavy atom. The van der Waals surface area contributed by atoms with Crippen molar-refractivity contribution in [2.45, 2.75) is 44.8 Å². The lowest BCUT2D eigenvalue weighted by molar-refractivity contribution is -0.129. The topological polar surface area (TPSA) is 77.0 Å². The summed E-state index contributed by atoms with van der Waals surface area (Å²) in [6.45, 7) is 6.50. The number of thioether (sulfide) groups is 1. The minimum atomic E-state index is -0.648. The van der Waals surface area contributed by atoms with E-state index in [-0.39, 0.29) is 29.9 Å². The molecule has 6 nitrogen and oxygen atoms in total. The summed E-state index contributed by atoms with van der Waals surface area (Å²) in [5.41, 5.74) is -0.648. The second-order valence-electron chi connectivity index (χ2n) is 6.15. The third-order valence-corrected chi connectivity index (χ3v) is 5.47. The fraction of sp³-hybridized carbons (Fsp3) is 0.867. The second-order valence-corrected chi connectivity index (χ2v) is 7.25. The Labute approximate surface area is 160 Å². The zero-order valence-corrected chi connectivity index (χ0v) is 17.2. The molecule has 2 aliphatic rings. The van der Waals surface area contributed by atoms with E-state index in [1.165, 1.54) is 0 Å². The van der Waals surface area contributed by atoms with Gasteiger partial charge in [-0.15, -0.1) is 24.0 Å². The molecule has 2 rings (SSSR count). The minimum Gasteiger partial charge on any atom is -0.387 e. The number of aliphatic hydroxyl groups is 1. The number of hydrogen-bond acceptors (Lipinski definition) is 4. The molecule has 0 bridgehead atoms. The van der Waals surface area contributed by atoms with E-state index in [2.05, 4.69) is 15.6 Å². The number of nitrogens with one attached hydrogen (secondary N) is 2. The maximum absolute atomic E-state index is 11.4. The van der Waals surface area contributed by atoms with Crippen molar-refractivity contribution in [3.8, 4) is 0 Å². The minimum absolute atomic E-state index is 0. The smallest absolute Gasteiger partial charge is 0.219 e. The van der Waals surface area contributed by atoms with E-state index in [9.17, 15) is 9.90 Å². The van der Waals surface area contributed by atoms with E-state index in [0.29, 0.717) is 12.6 Å². The summed E-state index contributed by atoms with van der Waals surface area (Å²) in [5, 5.41) is 17.1. The van der Waals surface area contributed by atoms with Gasteiger partial charge < -0.3 is 20.6 Å². The second kappa shape index (κ2) is 9.93. The number of likely N-dealkylation sites (tertiary alicyclic amines) is 1. The van der Waals surface area contributed by atoms with Crippen molar-refractivity contribution in [1.82, 2.24) is 15.5 Å². The summed E-state index contributed by atoms with van der Waals surface area (Å²) < 4.78 is 0. The Kier molecular flexibility index (Phi) is 8.99. The highest BCUT2D eigenvalue weighted by molar-refractivity contribution is 14.0. The highest BCUT2D eigenvalue weighted by Crippen LogP contribution is 2.27. The monoisotopic (exact) mass is 456 g/mol. The zero-order chi connectivity index (χ0) is 16.0. The van der Waals surface area contributed by atoms with Crippen molar-refractivity contribution in [2.75, 3.05) is 37.7 Å². The molecule has 0 saturated carbocycles. The summed E-state index contributed by atoms with van der Waals surface area (Å²) in [7, 11) is 0. The van der Waals surface area contributed by atoms with Crippen molar-refractivity contribution in [1.29, 1.82) is 0 Å². The molecule has 0 aromatic rings. The SMILES string of the molecule is CCNC(=NCC1(O)CCSC1)NC1CCN(C(C)=O)CC1.I. The fourth-order valence-electron chi connectivity index (χ4n) is 2.80. The van der Waals surface area contributed by atoms with Gasteiger partial charge in [0, 0.05) is 38.4 Å². The van der Waals surface area contributed by atoms with Crippen LogP contribution in [0.5, 0.6) is 0 Å². The van der Waals surface area contributed by atoms with E-state index < -0.39 is 5.60 Å². The maximum Gasteiger partial charge on any atom is 0.219 e. The lowest BCUT2D eigenvalue weighted by Crippen LogP contribution is -2.50. The molecule has 1 unspecified atom stereocenters. The van der Waals surface area contributed by atoms with Crippen LogP contribution in [0.25, 0.3) is 0 Å². The van der Waals surface area contributed by atoms with E-state index >= 15 is 0 Å². The van der Waals surface area contributed by atoms with Gasteiger partial charge in [-0.05, 0) is 31.9 Å². The number of halogens is 1. The van der Waals surface area contributed by atoms with Crippen molar-refractivity contribution < 1.29 is 9.90 Å². The molecular weight excluding hydrogens is 427 g/mol. The van der Waals surface area contributed by atoms with Gasteiger partial charge in [-0.25, -0.2) is 0 Å². The average molecular weight is 456 g/mol. The Morgan fingerprint density at radius 1 is 1.43 bits per heavy atom. The van der Waals surface area contributed by atoms with Gasteiger partial charge >= 0.3 is 0 Å². The molecule has 1 atom stereocenters. The Morgan fingerprint density at radius 2 is 2.13 bits per heavy atom.